The molecule has 0 bridgehead atoms. The van der Waals surface area contributed by atoms with Gasteiger partial charge in [-0.3, -0.25) is 0 Å². The van der Waals surface area contributed by atoms with Crippen LogP contribution in [-0.4, -0.2) is 21.2 Å². The highest BCUT2D eigenvalue weighted by Gasteiger charge is 2.33. The number of nitrogens with two attached hydrogens (primary N) is 1. The minimum absolute atomic E-state index is 0.0252. The van der Waals surface area contributed by atoms with Gasteiger partial charge in [0.05, 0.1) is 35.3 Å². The zero-order valence-corrected chi connectivity index (χ0v) is 13.7. The van der Waals surface area contributed by atoms with Crippen molar-refractivity contribution < 1.29 is 18.3 Å². The highest BCUT2D eigenvalue weighted by atomic mass is 19.4. The second-order valence-corrected chi connectivity index (χ2v) is 5.96. The van der Waals surface area contributed by atoms with Gasteiger partial charge in [0.15, 0.2) is 5.69 Å². The Morgan fingerprint density at radius 3 is 2.58 bits per heavy atom. The third-order valence-electron chi connectivity index (χ3n) is 4.08. The number of benzene rings is 2. The molecule has 2 atom stereocenters. The number of fused-ring (bicyclic) bond motifs is 1. The predicted molar refractivity (Wildman–Crippen MR) is 91.4 cm³/mol. The smallest absolute Gasteiger partial charge is 0.391 e. The number of nitrogens with one attached hydrogen (secondary N) is 1. The molecule has 0 radical (unpaired) electrons. The van der Waals surface area contributed by atoms with E-state index in [4.69, 9.17) is 12.3 Å². The Balaban J connectivity index is 2.13. The van der Waals surface area contributed by atoms with Gasteiger partial charge in [0.1, 0.15) is 5.82 Å². The lowest BCUT2D eigenvalue weighted by Crippen LogP contribution is -2.24. The van der Waals surface area contributed by atoms with Crippen LogP contribution in [0, 0.1) is 6.57 Å². The van der Waals surface area contributed by atoms with Crippen LogP contribution in [0.15, 0.2) is 36.4 Å². The number of rotatable bonds is 3. The fourth-order valence-electron chi connectivity index (χ4n) is 2.67. The van der Waals surface area contributed by atoms with E-state index in [9.17, 15) is 18.3 Å². The molecule has 0 spiro atoms. The van der Waals surface area contributed by atoms with E-state index >= 15 is 0 Å². The zero-order chi connectivity index (χ0) is 19.1. The second-order valence-electron chi connectivity index (χ2n) is 5.96. The molecule has 0 aliphatic rings. The lowest BCUT2D eigenvalue weighted by molar-refractivity contribution is -0.137. The average Bonchev–Trinajstić information content (AvgIpc) is 3.02. The first-order valence-corrected chi connectivity index (χ1v) is 7.73. The maximum absolute atomic E-state index is 13.4. The summed E-state index contributed by atoms with van der Waals surface area (Å²) in [6, 6.07) is 7.41. The molecular weight excluding hydrogens is 345 g/mol. The van der Waals surface area contributed by atoms with Crippen LogP contribution in [0.25, 0.3) is 27.0 Å². The molecule has 0 saturated heterocycles. The van der Waals surface area contributed by atoms with Crippen LogP contribution in [0.5, 0.6) is 0 Å². The van der Waals surface area contributed by atoms with Crippen LogP contribution in [0.1, 0.15) is 24.4 Å². The molecule has 1 aromatic heterocycles. The Hall–Kier alpha value is -2.89. The van der Waals surface area contributed by atoms with Crippen LogP contribution in [0.3, 0.4) is 0 Å². The molecule has 5 nitrogen and oxygen atoms in total. The second kappa shape index (κ2) is 6.44. The molecule has 1 heterocycles. The first-order valence-electron chi connectivity index (χ1n) is 7.73. The summed E-state index contributed by atoms with van der Waals surface area (Å²) in [6.07, 6.45) is -5.41. The molecule has 4 N–H and O–H groups in total. The molecule has 2 aromatic carbocycles. The Kier molecular flexibility index (Phi) is 4.44. The Labute approximate surface area is 147 Å². The summed E-state index contributed by atoms with van der Waals surface area (Å²) < 4.78 is 40.2. The molecule has 0 saturated carbocycles. The molecule has 0 unspecified atom stereocenters. The number of hydrogen-bond donors (Lipinski definition) is 3. The summed E-state index contributed by atoms with van der Waals surface area (Å²) in [4.78, 5) is 10.3. The van der Waals surface area contributed by atoms with Gasteiger partial charge in [-0.1, -0.05) is 18.2 Å². The molecular formula is C18H15F3N4O. The Bertz CT molecular complexity index is 1000. The van der Waals surface area contributed by atoms with E-state index in [1.54, 1.807) is 12.1 Å². The molecule has 134 valence electrons. The topological polar surface area (TPSA) is 79.3 Å². The summed E-state index contributed by atoms with van der Waals surface area (Å²) in [5, 5.41) is 9.57. The molecule has 8 heteroatoms. The van der Waals surface area contributed by atoms with E-state index in [2.05, 4.69) is 14.8 Å². The van der Waals surface area contributed by atoms with E-state index in [-0.39, 0.29) is 11.3 Å². The first kappa shape index (κ1) is 17.9. The monoisotopic (exact) mass is 360 g/mol. The highest BCUT2D eigenvalue weighted by Crippen LogP contribution is 2.39. The Morgan fingerprint density at radius 2 is 1.96 bits per heavy atom. The van der Waals surface area contributed by atoms with Gasteiger partial charge in [0.25, 0.3) is 0 Å². The predicted octanol–water partition coefficient (Wildman–Crippen LogP) is 4.18. The van der Waals surface area contributed by atoms with Gasteiger partial charge in [0, 0.05) is 0 Å². The van der Waals surface area contributed by atoms with Gasteiger partial charge < -0.3 is 15.8 Å². The number of alkyl halides is 3. The zero-order valence-electron chi connectivity index (χ0n) is 13.7. The normalized spacial score (nSPS) is 14.2. The van der Waals surface area contributed by atoms with Crippen molar-refractivity contribution in [3.8, 4) is 11.1 Å². The van der Waals surface area contributed by atoms with Gasteiger partial charge in [-0.15, -0.1) is 0 Å². The van der Waals surface area contributed by atoms with Crippen LogP contribution in [0.4, 0.5) is 18.9 Å². The van der Waals surface area contributed by atoms with Crippen molar-refractivity contribution in [1.82, 2.24) is 9.97 Å². The lowest BCUT2D eigenvalue weighted by Gasteiger charge is -2.13. The van der Waals surface area contributed by atoms with E-state index in [1.807, 2.05) is 0 Å². The lowest BCUT2D eigenvalue weighted by atomic mass is 9.98. The van der Waals surface area contributed by atoms with Crippen LogP contribution < -0.4 is 5.73 Å². The number of aliphatic hydroxyl groups is 1. The first-order chi connectivity index (χ1) is 12.2. The summed E-state index contributed by atoms with van der Waals surface area (Å²) in [6.45, 7) is 8.44. The van der Waals surface area contributed by atoms with E-state index in [0.29, 0.717) is 22.4 Å². The standard InChI is InChI=1S/C18H15F3N4O/c1-9(26)16(22)17-24-14-6-3-10(7-15(14)25-17)12-5-4-11(23-2)8-13(12)18(19,20)21/h3-9,16,26H,22H2,1H3,(H,24,25)/t9-,16+/m1/s1. The molecule has 3 aromatic rings. The van der Waals surface area contributed by atoms with Gasteiger partial charge >= 0.3 is 6.18 Å². The van der Waals surface area contributed by atoms with E-state index in [1.165, 1.54) is 25.1 Å². The van der Waals surface area contributed by atoms with Crippen molar-refractivity contribution >= 4 is 16.7 Å². The number of imidazole rings is 1. The maximum Gasteiger partial charge on any atom is 0.415 e. The quantitative estimate of drug-likeness (QED) is 0.613. The molecule has 3 rings (SSSR count). The minimum Gasteiger partial charge on any atom is -0.391 e. The van der Waals surface area contributed by atoms with Crippen molar-refractivity contribution in [3.63, 3.8) is 0 Å². The summed E-state index contributed by atoms with van der Waals surface area (Å²) >= 11 is 0. The third kappa shape index (κ3) is 3.27. The third-order valence-corrected chi connectivity index (χ3v) is 4.08. The van der Waals surface area contributed by atoms with Crippen molar-refractivity contribution in [2.24, 2.45) is 5.73 Å². The molecule has 0 aliphatic carbocycles. The SMILES string of the molecule is [C-]#[N+]c1ccc(-c2ccc3nc([C@@H](N)[C@@H](C)O)[nH]c3c2)c(C(F)(F)F)c1. The van der Waals surface area contributed by atoms with Gasteiger partial charge in [0.2, 0.25) is 0 Å². The Morgan fingerprint density at radius 1 is 1.23 bits per heavy atom. The van der Waals surface area contributed by atoms with Crippen LogP contribution in [0.2, 0.25) is 0 Å². The summed E-state index contributed by atoms with van der Waals surface area (Å²) in [7, 11) is 0. The molecule has 0 fully saturated rings. The average molecular weight is 360 g/mol. The fraction of sp³-hybridized carbons (Fsp3) is 0.222. The van der Waals surface area contributed by atoms with Gasteiger partial charge in [-0.05, 0) is 36.2 Å². The fourth-order valence-corrected chi connectivity index (χ4v) is 2.67. The number of aromatic amines is 1. The molecule has 26 heavy (non-hydrogen) atoms. The highest BCUT2D eigenvalue weighted by molar-refractivity contribution is 5.83. The number of aliphatic hydroxyl groups excluding tert-OH is 1. The van der Waals surface area contributed by atoms with E-state index < -0.39 is 23.9 Å². The number of nitrogens with zero attached hydrogens (tertiary/aromatic N) is 2. The van der Waals surface area contributed by atoms with Gasteiger partial charge in [-0.2, -0.15) is 13.2 Å². The number of halogens is 3. The van der Waals surface area contributed by atoms with Crippen molar-refractivity contribution in [2.75, 3.05) is 0 Å². The van der Waals surface area contributed by atoms with Crippen molar-refractivity contribution in [2.45, 2.75) is 25.2 Å². The van der Waals surface area contributed by atoms with E-state index in [0.717, 1.165) is 6.07 Å². The number of aromatic nitrogens is 2. The number of H-pyrrole nitrogens is 1. The summed E-state index contributed by atoms with van der Waals surface area (Å²) in [5.41, 5.74) is 6.25. The largest absolute Gasteiger partial charge is 0.415 e. The van der Waals surface area contributed by atoms with Crippen molar-refractivity contribution in [1.29, 1.82) is 0 Å². The van der Waals surface area contributed by atoms with Crippen LogP contribution in [-0.2, 0) is 6.18 Å². The molecule has 0 amide bonds. The summed E-state index contributed by atoms with van der Waals surface area (Å²) in [5.74, 6) is 0.353. The maximum atomic E-state index is 13.4. The van der Waals surface area contributed by atoms with Crippen LogP contribution >= 0.6 is 0 Å². The molecule has 0 aliphatic heterocycles. The van der Waals surface area contributed by atoms with Crippen molar-refractivity contribution in [3.05, 3.63) is 59.2 Å². The van der Waals surface area contributed by atoms with Gasteiger partial charge in [-0.25, -0.2) is 9.83 Å². The number of hydrogen-bond acceptors (Lipinski definition) is 3. The minimum atomic E-state index is -4.58.